The molecule has 2 bridgehead atoms. The summed E-state index contributed by atoms with van der Waals surface area (Å²) in [6.45, 7) is 7.45. The molecule has 2 aromatic carbocycles. The molecule has 51 heavy (non-hydrogen) atoms. The summed E-state index contributed by atoms with van der Waals surface area (Å²) < 4.78 is 28.9. The van der Waals surface area contributed by atoms with E-state index in [2.05, 4.69) is 15.7 Å². The maximum Gasteiger partial charge on any atom is 0.319 e. The van der Waals surface area contributed by atoms with Crippen molar-refractivity contribution in [3.05, 3.63) is 54.0 Å². The third kappa shape index (κ3) is 5.05. The molecule has 4 atom stereocenters. The molecule has 5 aliphatic heterocycles. The van der Waals surface area contributed by atoms with Crippen molar-refractivity contribution in [2.45, 2.75) is 76.1 Å². The van der Waals surface area contributed by atoms with Gasteiger partial charge >= 0.3 is 12.0 Å². The normalized spacial score (nSPS) is 25.3. The van der Waals surface area contributed by atoms with E-state index in [0.29, 0.717) is 42.0 Å². The number of aromatic nitrogens is 3. The lowest BCUT2D eigenvalue weighted by Crippen LogP contribution is -2.63. The number of rotatable bonds is 7. The second-order valence-corrected chi connectivity index (χ2v) is 15.2. The van der Waals surface area contributed by atoms with Crippen LogP contribution in [0.3, 0.4) is 0 Å². The van der Waals surface area contributed by atoms with Crippen LogP contribution in [-0.4, -0.2) is 93.1 Å². The second-order valence-electron chi connectivity index (χ2n) is 15.2. The minimum absolute atomic E-state index is 0.0179. The molecule has 5 fully saturated rings. The van der Waals surface area contributed by atoms with Crippen LogP contribution in [0, 0.1) is 30.0 Å². The van der Waals surface area contributed by atoms with Crippen molar-refractivity contribution < 1.29 is 23.5 Å². The van der Waals surface area contributed by atoms with Crippen LogP contribution >= 0.6 is 0 Å². The summed E-state index contributed by atoms with van der Waals surface area (Å²) in [6.07, 6.45) is 12.8. The number of amides is 1. The lowest BCUT2D eigenvalue weighted by atomic mass is 9.85. The molecule has 11 heteroatoms. The van der Waals surface area contributed by atoms with Gasteiger partial charge in [0.2, 0.25) is 0 Å². The Morgan fingerprint density at radius 2 is 1.82 bits per heavy atom. The van der Waals surface area contributed by atoms with Crippen LogP contribution in [0.25, 0.3) is 32.9 Å². The predicted octanol–water partition coefficient (Wildman–Crippen LogP) is 5.35. The van der Waals surface area contributed by atoms with Crippen LogP contribution in [0.4, 0.5) is 10.2 Å². The van der Waals surface area contributed by atoms with E-state index in [1.54, 1.807) is 6.20 Å². The van der Waals surface area contributed by atoms with Crippen molar-refractivity contribution in [2.75, 3.05) is 37.7 Å². The first kappa shape index (κ1) is 32.1. The van der Waals surface area contributed by atoms with Gasteiger partial charge in [0.15, 0.2) is 11.9 Å². The number of piperazine rings is 1. The lowest BCUT2D eigenvalue weighted by Gasteiger charge is -2.45. The Bertz CT molecular complexity index is 2100. The molecule has 5 saturated heterocycles. The maximum absolute atomic E-state index is 17.0. The fourth-order valence-electron chi connectivity index (χ4n) is 9.57. The van der Waals surface area contributed by atoms with E-state index in [9.17, 15) is 9.59 Å². The molecule has 1 amide bonds. The Morgan fingerprint density at radius 3 is 2.51 bits per heavy atom. The lowest BCUT2D eigenvalue weighted by molar-refractivity contribution is -0.197. The molecule has 4 aromatic rings. The molecule has 0 saturated carbocycles. The van der Waals surface area contributed by atoms with Gasteiger partial charge in [-0.2, -0.15) is 9.97 Å². The number of hydrogen-bond donors (Lipinski definition) is 0. The van der Waals surface area contributed by atoms with Crippen LogP contribution in [-0.2, 0) is 14.3 Å². The molecule has 0 aliphatic carbocycles. The van der Waals surface area contributed by atoms with Gasteiger partial charge in [0.1, 0.15) is 29.6 Å². The molecule has 0 spiro atoms. The Hall–Kier alpha value is -4.82. The predicted molar refractivity (Wildman–Crippen MR) is 191 cm³/mol. The van der Waals surface area contributed by atoms with Crippen molar-refractivity contribution >= 4 is 39.4 Å². The Kier molecular flexibility index (Phi) is 7.65. The highest BCUT2D eigenvalue weighted by Crippen LogP contribution is 2.42. The Labute approximate surface area is 296 Å². The molecule has 0 N–H and O–H groups in total. The van der Waals surface area contributed by atoms with Crippen molar-refractivity contribution in [1.29, 1.82) is 0 Å². The number of benzene rings is 2. The number of carbonyl (C=O) groups excluding carboxylic acids is 2. The number of halogens is 1. The SMILES string of the molecule is C#Cc1cccc2cccc(-c3ncc4c(N5CC6CCC(C5)N6C(=O)[C@@H]5OC(=O)[C@@H]5C(C)C)nc(OCC56CCCN5CCC6)nc4c3F)c12. The number of hydrogen-bond acceptors (Lipinski definition) is 9. The van der Waals surface area contributed by atoms with E-state index in [0.717, 1.165) is 62.4 Å². The number of anilines is 1. The first-order valence-corrected chi connectivity index (χ1v) is 18.3. The van der Waals surface area contributed by atoms with E-state index in [-0.39, 0.29) is 52.6 Å². The standard InChI is InChI=1S/C40H41FN6O4/c1-4-24-9-5-10-25-11-6-12-28(31(24)25)33-32(41)34-29(19-42-33)36(44-39(43-34)50-22-40-15-7-17-46(40)18-8-16-40)45-20-26-13-14-27(21-45)47(26)37(48)35-30(23(2)3)38(49)51-35/h1,5-6,9-12,19,23,26-27,30,35H,7-8,13-18,20-22H2,2-3H3/t26?,27?,30-,35-/m1/s1. The van der Waals surface area contributed by atoms with Gasteiger partial charge in [-0.15, -0.1) is 6.42 Å². The summed E-state index contributed by atoms with van der Waals surface area (Å²) in [5.74, 6) is 1.90. The van der Waals surface area contributed by atoms with Crippen LogP contribution in [0.15, 0.2) is 42.6 Å². The van der Waals surface area contributed by atoms with Crippen LogP contribution in [0.5, 0.6) is 6.01 Å². The number of nitrogens with zero attached hydrogens (tertiary/aromatic N) is 6. The Balaban J connectivity index is 1.10. The number of ether oxygens (including phenoxy) is 2. The fraction of sp³-hybridized carbons (Fsp3) is 0.475. The summed E-state index contributed by atoms with van der Waals surface area (Å²) in [7, 11) is 0. The van der Waals surface area contributed by atoms with Gasteiger partial charge in [0.25, 0.3) is 5.91 Å². The van der Waals surface area contributed by atoms with Gasteiger partial charge in [0, 0.05) is 47.9 Å². The summed E-state index contributed by atoms with van der Waals surface area (Å²) in [6, 6.07) is 11.3. The number of esters is 1. The van der Waals surface area contributed by atoms with Crippen molar-refractivity contribution in [1.82, 2.24) is 24.8 Å². The van der Waals surface area contributed by atoms with Crippen molar-refractivity contribution in [3.63, 3.8) is 0 Å². The molecular weight excluding hydrogens is 647 g/mol. The third-order valence-electron chi connectivity index (χ3n) is 12.1. The second kappa shape index (κ2) is 12.2. The first-order chi connectivity index (χ1) is 24.8. The van der Waals surface area contributed by atoms with Crippen molar-refractivity contribution in [3.8, 4) is 29.6 Å². The molecular formula is C40H41FN6O4. The molecule has 2 aromatic heterocycles. The van der Waals surface area contributed by atoms with Gasteiger partial charge in [-0.05, 0) is 69.0 Å². The highest BCUT2D eigenvalue weighted by atomic mass is 19.1. The zero-order chi connectivity index (χ0) is 35.0. The molecule has 10 nitrogen and oxygen atoms in total. The number of terminal acetylenes is 1. The molecule has 262 valence electrons. The molecule has 0 radical (unpaired) electrons. The number of pyridine rings is 1. The quantitative estimate of drug-likeness (QED) is 0.188. The number of fused-ring (bicyclic) bond motifs is 5. The maximum atomic E-state index is 17.0. The number of cyclic esters (lactones) is 1. The fourth-order valence-corrected chi connectivity index (χ4v) is 9.57. The van der Waals surface area contributed by atoms with Crippen LogP contribution in [0.1, 0.15) is 57.9 Å². The molecule has 5 aliphatic rings. The van der Waals surface area contributed by atoms with Gasteiger partial charge in [-0.3, -0.25) is 19.5 Å². The largest absolute Gasteiger partial charge is 0.461 e. The van der Waals surface area contributed by atoms with Gasteiger partial charge < -0.3 is 19.3 Å². The zero-order valence-electron chi connectivity index (χ0n) is 29.0. The van der Waals surface area contributed by atoms with Gasteiger partial charge in [-0.1, -0.05) is 50.1 Å². The average molecular weight is 689 g/mol. The first-order valence-electron chi connectivity index (χ1n) is 18.3. The van der Waals surface area contributed by atoms with E-state index in [1.807, 2.05) is 55.1 Å². The van der Waals surface area contributed by atoms with E-state index in [4.69, 9.17) is 30.8 Å². The van der Waals surface area contributed by atoms with E-state index >= 15 is 4.39 Å². The summed E-state index contributed by atoms with van der Waals surface area (Å²) in [5, 5.41) is 2.14. The monoisotopic (exact) mass is 688 g/mol. The number of carbonyl (C=O) groups is 2. The minimum atomic E-state index is -0.738. The van der Waals surface area contributed by atoms with Gasteiger partial charge in [0.05, 0.1) is 10.9 Å². The summed E-state index contributed by atoms with van der Waals surface area (Å²) in [4.78, 5) is 46.9. The third-order valence-corrected chi connectivity index (χ3v) is 12.1. The highest BCUT2D eigenvalue weighted by molar-refractivity contribution is 6.02. The highest BCUT2D eigenvalue weighted by Gasteiger charge is 2.54. The summed E-state index contributed by atoms with van der Waals surface area (Å²) in [5.41, 5.74) is 1.50. The van der Waals surface area contributed by atoms with Crippen LogP contribution < -0.4 is 9.64 Å². The zero-order valence-corrected chi connectivity index (χ0v) is 29.0. The topological polar surface area (TPSA) is 101 Å². The average Bonchev–Trinajstić information content (AvgIpc) is 3.79. The van der Waals surface area contributed by atoms with Crippen molar-refractivity contribution in [2.24, 2.45) is 11.8 Å². The minimum Gasteiger partial charge on any atom is -0.461 e. The van der Waals surface area contributed by atoms with E-state index in [1.165, 1.54) is 0 Å². The van der Waals surface area contributed by atoms with E-state index < -0.39 is 17.8 Å². The smallest absolute Gasteiger partial charge is 0.319 e. The summed E-state index contributed by atoms with van der Waals surface area (Å²) >= 11 is 0. The van der Waals surface area contributed by atoms with Crippen LogP contribution in [0.2, 0.25) is 0 Å². The molecule has 9 rings (SSSR count). The molecule has 7 heterocycles. The molecule has 2 unspecified atom stereocenters. The van der Waals surface area contributed by atoms with Gasteiger partial charge in [-0.25, -0.2) is 4.39 Å². The Morgan fingerprint density at radius 1 is 1.10 bits per heavy atom.